The van der Waals surface area contributed by atoms with Crippen LogP contribution in [0.1, 0.15) is 13.8 Å². The van der Waals surface area contributed by atoms with E-state index in [1.54, 1.807) is 0 Å². The molecule has 4 heteroatoms. The number of benzene rings is 1. The van der Waals surface area contributed by atoms with Crippen molar-refractivity contribution < 1.29 is 0 Å². The molecule has 0 amide bonds. The Morgan fingerprint density at radius 2 is 1.95 bits per heavy atom. The monoisotopic (exact) mass is 291 g/mol. The number of anilines is 1. The highest BCUT2D eigenvalue weighted by Gasteiger charge is 2.15. The Labute approximate surface area is 126 Å². The standard InChI is InChI=1S/C16H22ClN3/c1-11(2)14(20(3)4)10-18-15-9-8-12-6-5-7-13(17)16(12)19-15/h5-9,11,14H,10H2,1-4H3,(H,18,19). The number of fused-ring (bicyclic) bond motifs is 1. The van der Waals surface area contributed by atoms with E-state index in [0.717, 1.165) is 23.3 Å². The van der Waals surface area contributed by atoms with Crippen molar-refractivity contribution in [3.63, 3.8) is 0 Å². The Balaban J connectivity index is 2.16. The van der Waals surface area contributed by atoms with Crippen LogP contribution in [0.15, 0.2) is 30.3 Å². The molecule has 0 aliphatic heterocycles. The van der Waals surface area contributed by atoms with Crippen LogP contribution in [0.3, 0.4) is 0 Å². The zero-order valence-corrected chi connectivity index (χ0v) is 13.3. The number of hydrogen-bond donors (Lipinski definition) is 1. The van der Waals surface area contributed by atoms with Crippen LogP contribution in [-0.2, 0) is 0 Å². The van der Waals surface area contributed by atoms with Crippen LogP contribution in [0.5, 0.6) is 0 Å². The molecule has 1 aromatic heterocycles. The molecule has 0 fully saturated rings. The molecule has 1 heterocycles. The molecule has 0 aliphatic carbocycles. The second kappa shape index (κ2) is 6.42. The van der Waals surface area contributed by atoms with Gasteiger partial charge >= 0.3 is 0 Å². The predicted octanol–water partition coefficient (Wildman–Crippen LogP) is 3.89. The molecule has 0 saturated heterocycles. The number of rotatable bonds is 5. The Kier molecular flexibility index (Phi) is 4.84. The van der Waals surface area contributed by atoms with Crippen LogP contribution < -0.4 is 5.32 Å². The summed E-state index contributed by atoms with van der Waals surface area (Å²) in [6, 6.07) is 10.4. The van der Waals surface area contributed by atoms with Gasteiger partial charge in [0.15, 0.2) is 0 Å². The molecule has 2 aromatic rings. The highest BCUT2D eigenvalue weighted by Crippen LogP contribution is 2.23. The van der Waals surface area contributed by atoms with Crippen molar-refractivity contribution in [3.8, 4) is 0 Å². The first-order valence-corrected chi connectivity index (χ1v) is 7.32. The normalized spacial score (nSPS) is 13.2. The molecule has 2 rings (SSSR count). The summed E-state index contributed by atoms with van der Waals surface area (Å²) in [5, 5.41) is 5.17. The SMILES string of the molecule is CC(C)C(CNc1ccc2cccc(Cl)c2n1)N(C)C. The van der Waals surface area contributed by atoms with E-state index in [4.69, 9.17) is 11.6 Å². The van der Waals surface area contributed by atoms with Gasteiger partial charge < -0.3 is 10.2 Å². The zero-order valence-electron chi connectivity index (χ0n) is 12.5. The maximum atomic E-state index is 6.19. The van der Waals surface area contributed by atoms with Crippen molar-refractivity contribution in [1.29, 1.82) is 0 Å². The molecule has 0 spiro atoms. The van der Waals surface area contributed by atoms with Gasteiger partial charge in [-0.1, -0.05) is 37.6 Å². The fourth-order valence-electron chi connectivity index (χ4n) is 2.43. The lowest BCUT2D eigenvalue weighted by Crippen LogP contribution is -2.38. The fourth-order valence-corrected chi connectivity index (χ4v) is 2.66. The maximum Gasteiger partial charge on any atom is 0.126 e. The smallest absolute Gasteiger partial charge is 0.126 e. The van der Waals surface area contributed by atoms with Crippen LogP contribution >= 0.6 is 11.6 Å². The molecule has 1 unspecified atom stereocenters. The summed E-state index contributed by atoms with van der Waals surface area (Å²) in [6.07, 6.45) is 0. The molecule has 1 N–H and O–H groups in total. The molecule has 3 nitrogen and oxygen atoms in total. The van der Waals surface area contributed by atoms with Crippen LogP contribution in [0.4, 0.5) is 5.82 Å². The molecule has 0 saturated carbocycles. The van der Waals surface area contributed by atoms with Gasteiger partial charge in [0.25, 0.3) is 0 Å². The van der Waals surface area contributed by atoms with Gasteiger partial charge in [-0.2, -0.15) is 0 Å². The third kappa shape index (κ3) is 3.41. The Hall–Kier alpha value is -1.32. The van der Waals surface area contributed by atoms with Crippen LogP contribution in [-0.4, -0.2) is 36.6 Å². The minimum absolute atomic E-state index is 0.471. The maximum absolute atomic E-state index is 6.19. The number of para-hydroxylation sites is 1. The van der Waals surface area contributed by atoms with E-state index >= 15 is 0 Å². The van der Waals surface area contributed by atoms with Crippen molar-refractivity contribution in [3.05, 3.63) is 35.4 Å². The number of halogens is 1. The molecular weight excluding hydrogens is 270 g/mol. The van der Waals surface area contributed by atoms with Crippen molar-refractivity contribution in [2.24, 2.45) is 5.92 Å². The third-order valence-corrected chi connectivity index (χ3v) is 3.90. The largest absolute Gasteiger partial charge is 0.368 e. The number of aromatic nitrogens is 1. The molecule has 0 aliphatic rings. The van der Waals surface area contributed by atoms with E-state index in [1.807, 2.05) is 24.3 Å². The van der Waals surface area contributed by atoms with E-state index in [2.05, 4.69) is 49.2 Å². The quantitative estimate of drug-likeness (QED) is 0.906. The topological polar surface area (TPSA) is 28.2 Å². The van der Waals surface area contributed by atoms with Crippen LogP contribution in [0.25, 0.3) is 10.9 Å². The van der Waals surface area contributed by atoms with E-state index in [9.17, 15) is 0 Å². The highest BCUT2D eigenvalue weighted by molar-refractivity contribution is 6.35. The zero-order chi connectivity index (χ0) is 14.7. The lowest BCUT2D eigenvalue weighted by molar-refractivity contribution is 0.243. The van der Waals surface area contributed by atoms with Gasteiger partial charge in [-0.05, 0) is 38.2 Å². The van der Waals surface area contributed by atoms with Gasteiger partial charge in [-0.25, -0.2) is 4.98 Å². The summed E-state index contributed by atoms with van der Waals surface area (Å²) in [6.45, 7) is 5.34. The lowest BCUT2D eigenvalue weighted by Gasteiger charge is -2.28. The Morgan fingerprint density at radius 3 is 2.60 bits per heavy atom. The summed E-state index contributed by atoms with van der Waals surface area (Å²) in [4.78, 5) is 6.85. The van der Waals surface area contributed by atoms with Gasteiger partial charge in [0, 0.05) is 18.0 Å². The summed E-state index contributed by atoms with van der Waals surface area (Å²) >= 11 is 6.19. The summed E-state index contributed by atoms with van der Waals surface area (Å²) in [7, 11) is 4.22. The van der Waals surface area contributed by atoms with Crippen molar-refractivity contribution in [2.45, 2.75) is 19.9 Å². The summed E-state index contributed by atoms with van der Waals surface area (Å²) in [5.74, 6) is 1.46. The van der Waals surface area contributed by atoms with Gasteiger partial charge in [0.2, 0.25) is 0 Å². The number of hydrogen-bond acceptors (Lipinski definition) is 3. The van der Waals surface area contributed by atoms with Gasteiger partial charge in [0.05, 0.1) is 10.5 Å². The number of nitrogens with zero attached hydrogens (tertiary/aromatic N) is 2. The van der Waals surface area contributed by atoms with Crippen molar-refractivity contribution in [2.75, 3.05) is 26.0 Å². The second-order valence-corrected chi connectivity index (χ2v) is 6.07. The second-order valence-electron chi connectivity index (χ2n) is 5.66. The molecule has 0 bridgehead atoms. The molecule has 20 heavy (non-hydrogen) atoms. The minimum Gasteiger partial charge on any atom is -0.368 e. The summed E-state index contributed by atoms with van der Waals surface area (Å²) < 4.78 is 0. The minimum atomic E-state index is 0.471. The average molecular weight is 292 g/mol. The van der Waals surface area contributed by atoms with Gasteiger partial charge in [-0.15, -0.1) is 0 Å². The van der Waals surface area contributed by atoms with Crippen LogP contribution in [0, 0.1) is 5.92 Å². The van der Waals surface area contributed by atoms with E-state index < -0.39 is 0 Å². The first kappa shape index (κ1) is 15.1. The Morgan fingerprint density at radius 1 is 1.20 bits per heavy atom. The molecule has 0 radical (unpaired) electrons. The predicted molar refractivity (Wildman–Crippen MR) is 87.6 cm³/mol. The highest BCUT2D eigenvalue weighted by atomic mass is 35.5. The number of pyridine rings is 1. The van der Waals surface area contributed by atoms with Gasteiger partial charge in [-0.3, -0.25) is 0 Å². The molecule has 108 valence electrons. The lowest BCUT2D eigenvalue weighted by atomic mass is 10.0. The van der Waals surface area contributed by atoms with Crippen LogP contribution in [0.2, 0.25) is 5.02 Å². The Bertz CT molecular complexity index is 573. The molecule has 1 atom stereocenters. The summed E-state index contributed by atoms with van der Waals surface area (Å²) in [5.41, 5.74) is 0.852. The van der Waals surface area contributed by atoms with Crippen molar-refractivity contribution in [1.82, 2.24) is 9.88 Å². The van der Waals surface area contributed by atoms with E-state index in [1.165, 1.54) is 0 Å². The van der Waals surface area contributed by atoms with Crippen molar-refractivity contribution >= 4 is 28.3 Å². The molecule has 1 aromatic carbocycles. The van der Waals surface area contributed by atoms with E-state index in [-0.39, 0.29) is 0 Å². The average Bonchev–Trinajstić information content (AvgIpc) is 2.39. The number of nitrogens with one attached hydrogen (secondary N) is 1. The molecular formula is C16H22ClN3. The fraction of sp³-hybridized carbons (Fsp3) is 0.438. The third-order valence-electron chi connectivity index (χ3n) is 3.60. The van der Waals surface area contributed by atoms with E-state index in [0.29, 0.717) is 17.0 Å². The van der Waals surface area contributed by atoms with Gasteiger partial charge in [0.1, 0.15) is 5.82 Å². The first-order chi connectivity index (χ1) is 9.49. The first-order valence-electron chi connectivity index (χ1n) is 6.94. The number of likely N-dealkylation sites (N-methyl/N-ethyl adjacent to an activating group) is 1.